The molecular formula is C17H25N5. The number of fused-ring (bicyclic) bond motifs is 1. The van der Waals surface area contributed by atoms with Gasteiger partial charge in [0.1, 0.15) is 11.3 Å². The molecule has 2 aliphatic rings. The molecule has 2 saturated heterocycles. The Bertz CT molecular complexity index is 644. The van der Waals surface area contributed by atoms with E-state index in [1.165, 1.54) is 31.6 Å². The van der Waals surface area contributed by atoms with Gasteiger partial charge >= 0.3 is 0 Å². The van der Waals surface area contributed by atoms with Crippen molar-refractivity contribution in [1.82, 2.24) is 24.8 Å². The van der Waals surface area contributed by atoms with Gasteiger partial charge in [-0.05, 0) is 57.6 Å². The Labute approximate surface area is 131 Å². The number of rotatable bonds is 3. The third-order valence-corrected chi connectivity index (χ3v) is 5.23. The molecule has 1 atom stereocenters. The summed E-state index contributed by atoms with van der Waals surface area (Å²) < 4.78 is 2.47. The quantitative estimate of drug-likeness (QED) is 0.943. The molecule has 0 aromatic carbocycles. The summed E-state index contributed by atoms with van der Waals surface area (Å²) >= 11 is 0. The minimum atomic E-state index is 0.548. The number of nitrogens with one attached hydrogen (secondary N) is 1. The van der Waals surface area contributed by atoms with Crippen molar-refractivity contribution in [2.45, 2.75) is 38.1 Å². The summed E-state index contributed by atoms with van der Waals surface area (Å²) in [6, 6.07) is 4.65. The van der Waals surface area contributed by atoms with Gasteiger partial charge in [0.15, 0.2) is 5.65 Å². The van der Waals surface area contributed by atoms with Crippen molar-refractivity contribution in [3.05, 3.63) is 24.2 Å². The van der Waals surface area contributed by atoms with Crippen molar-refractivity contribution in [1.29, 1.82) is 0 Å². The monoisotopic (exact) mass is 299 g/mol. The highest BCUT2D eigenvalue weighted by molar-refractivity contribution is 5.71. The molecule has 2 aromatic rings. The van der Waals surface area contributed by atoms with Crippen LogP contribution in [-0.2, 0) is 0 Å². The zero-order chi connectivity index (χ0) is 14.9. The average Bonchev–Trinajstić information content (AvgIpc) is 3.19. The predicted octanol–water partition coefficient (Wildman–Crippen LogP) is 2.17. The van der Waals surface area contributed by atoms with Crippen molar-refractivity contribution in [3.8, 4) is 0 Å². The van der Waals surface area contributed by atoms with Gasteiger partial charge < -0.3 is 14.8 Å². The third-order valence-electron chi connectivity index (χ3n) is 5.23. The number of likely N-dealkylation sites (tertiary alicyclic amines) is 1. The molecule has 1 unspecified atom stereocenters. The molecule has 0 radical (unpaired) electrons. The van der Waals surface area contributed by atoms with E-state index in [0.29, 0.717) is 12.0 Å². The number of piperidine rings is 1. The molecule has 0 amide bonds. The molecule has 2 aromatic heterocycles. The molecular weight excluding hydrogens is 274 g/mol. The van der Waals surface area contributed by atoms with Gasteiger partial charge in [-0.3, -0.25) is 0 Å². The maximum atomic E-state index is 4.99. The van der Waals surface area contributed by atoms with Gasteiger partial charge in [0.2, 0.25) is 0 Å². The zero-order valence-corrected chi connectivity index (χ0v) is 13.3. The normalized spacial score (nSPS) is 24.3. The lowest BCUT2D eigenvalue weighted by atomic mass is 10.0. The van der Waals surface area contributed by atoms with Crippen LogP contribution in [0.5, 0.6) is 0 Å². The molecule has 0 spiro atoms. The number of pyridine rings is 1. The van der Waals surface area contributed by atoms with Crippen LogP contribution < -0.4 is 5.32 Å². The molecule has 4 heterocycles. The van der Waals surface area contributed by atoms with Crippen LogP contribution in [0.2, 0.25) is 0 Å². The van der Waals surface area contributed by atoms with Crippen LogP contribution in [-0.4, -0.2) is 52.2 Å². The van der Waals surface area contributed by atoms with Crippen LogP contribution in [0.25, 0.3) is 11.2 Å². The Morgan fingerprint density at radius 1 is 1.27 bits per heavy atom. The highest BCUT2D eigenvalue weighted by Gasteiger charge is 2.30. The topological polar surface area (TPSA) is 46.0 Å². The van der Waals surface area contributed by atoms with Crippen LogP contribution in [0.3, 0.4) is 0 Å². The number of nitrogens with zero attached hydrogens (tertiary/aromatic N) is 4. The lowest BCUT2D eigenvalue weighted by Gasteiger charge is -2.27. The van der Waals surface area contributed by atoms with Gasteiger partial charge in [-0.2, -0.15) is 0 Å². The van der Waals surface area contributed by atoms with Crippen molar-refractivity contribution in [3.63, 3.8) is 0 Å². The van der Waals surface area contributed by atoms with E-state index in [4.69, 9.17) is 4.98 Å². The molecule has 0 aliphatic carbocycles. The van der Waals surface area contributed by atoms with E-state index in [1.807, 2.05) is 12.3 Å². The lowest BCUT2D eigenvalue weighted by Crippen LogP contribution is -2.30. The first-order valence-electron chi connectivity index (χ1n) is 8.62. The predicted molar refractivity (Wildman–Crippen MR) is 88.1 cm³/mol. The third kappa shape index (κ3) is 2.42. The second-order valence-corrected chi connectivity index (χ2v) is 6.55. The second kappa shape index (κ2) is 5.97. The molecule has 22 heavy (non-hydrogen) atoms. The summed E-state index contributed by atoms with van der Waals surface area (Å²) in [5.74, 6) is 1.83. The first-order chi connectivity index (χ1) is 10.9. The van der Waals surface area contributed by atoms with Gasteiger partial charge in [-0.1, -0.05) is 6.92 Å². The maximum Gasteiger partial charge on any atom is 0.160 e. The van der Waals surface area contributed by atoms with E-state index in [2.05, 4.69) is 32.8 Å². The largest absolute Gasteiger partial charge is 0.317 e. The van der Waals surface area contributed by atoms with Gasteiger partial charge in [-0.15, -0.1) is 0 Å². The Balaban J connectivity index is 1.76. The highest BCUT2D eigenvalue weighted by atomic mass is 15.2. The van der Waals surface area contributed by atoms with Crippen molar-refractivity contribution < 1.29 is 0 Å². The van der Waals surface area contributed by atoms with Gasteiger partial charge in [0.25, 0.3) is 0 Å². The molecule has 118 valence electrons. The fourth-order valence-electron chi connectivity index (χ4n) is 3.99. The first-order valence-corrected chi connectivity index (χ1v) is 8.62. The minimum Gasteiger partial charge on any atom is -0.317 e. The average molecular weight is 299 g/mol. The minimum absolute atomic E-state index is 0.548. The molecule has 5 nitrogen and oxygen atoms in total. The fraction of sp³-hybridized carbons (Fsp3) is 0.647. The molecule has 2 fully saturated rings. The maximum absolute atomic E-state index is 4.99. The van der Waals surface area contributed by atoms with Crippen LogP contribution in [0.1, 0.15) is 44.0 Å². The Hall–Kier alpha value is -1.46. The van der Waals surface area contributed by atoms with E-state index >= 15 is 0 Å². The summed E-state index contributed by atoms with van der Waals surface area (Å²) in [5, 5.41) is 3.47. The smallest absolute Gasteiger partial charge is 0.160 e. The number of likely N-dealkylation sites (N-methyl/N-ethyl adjacent to an activating group) is 1. The summed E-state index contributed by atoms with van der Waals surface area (Å²) in [5.41, 5.74) is 2.14. The van der Waals surface area contributed by atoms with Gasteiger partial charge in [0.05, 0.1) is 0 Å². The molecule has 2 aliphatic heterocycles. The molecule has 1 N–H and O–H groups in total. The Morgan fingerprint density at radius 2 is 2.14 bits per heavy atom. The van der Waals surface area contributed by atoms with Crippen molar-refractivity contribution in [2.75, 3.05) is 32.7 Å². The van der Waals surface area contributed by atoms with E-state index in [9.17, 15) is 0 Å². The van der Waals surface area contributed by atoms with E-state index in [0.717, 1.165) is 37.3 Å². The van der Waals surface area contributed by atoms with Crippen LogP contribution in [0.15, 0.2) is 18.3 Å². The summed E-state index contributed by atoms with van der Waals surface area (Å²) in [7, 11) is 0. The van der Waals surface area contributed by atoms with Crippen molar-refractivity contribution in [2.24, 2.45) is 0 Å². The zero-order valence-electron chi connectivity index (χ0n) is 13.3. The summed E-state index contributed by atoms with van der Waals surface area (Å²) in [4.78, 5) is 12.2. The first kappa shape index (κ1) is 14.2. The van der Waals surface area contributed by atoms with E-state index in [-0.39, 0.29) is 0 Å². The molecule has 0 saturated carbocycles. The Morgan fingerprint density at radius 3 is 2.91 bits per heavy atom. The van der Waals surface area contributed by atoms with Crippen LogP contribution in [0.4, 0.5) is 0 Å². The lowest BCUT2D eigenvalue weighted by molar-refractivity contribution is 0.341. The second-order valence-electron chi connectivity index (χ2n) is 6.55. The standard InChI is InChI=1S/C17H25N5/c1-2-21-11-7-13(12-21)16-20-15-4-3-8-19-17(15)22(16)14-5-9-18-10-6-14/h3-4,8,13-14,18H,2,5-7,9-12H2,1H3. The van der Waals surface area contributed by atoms with Crippen molar-refractivity contribution >= 4 is 11.2 Å². The number of imidazole rings is 1. The highest BCUT2D eigenvalue weighted by Crippen LogP contribution is 2.33. The molecule has 4 rings (SSSR count). The van der Waals surface area contributed by atoms with Gasteiger partial charge in [-0.25, -0.2) is 9.97 Å². The number of aromatic nitrogens is 3. The SMILES string of the molecule is CCN1CCC(c2nc3cccnc3n2C2CCNCC2)C1. The van der Waals surface area contributed by atoms with Crippen LogP contribution in [0, 0.1) is 0 Å². The molecule has 0 bridgehead atoms. The summed E-state index contributed by atoms with van der Waals surface area (Å²) in [6.45, 7) is 7.93. The fourth-order valence-corrected chi connectivity index (χ4v) is 3.99. The summed E-state index contributed by atoms with van der Waals surface area (Å²) in [6.07, 6.45) is 5.49. The van der Waals surface area contributed by atoms with E-state index < -0.39 is 0 Å². The van der Waals surface area contributed by atoms with E-state index in [1.54, 1.807) is 0 Å². The van der Waals surface area contributed by atoms with Gasteiger partial charge in [0, 0.05) is 24.7 Å². The number of hydrogen-bond acceptors (Lipinski definition) is 4. The number of hydrogen-bond donors (Lipinski definition) is 1. The molecule has 5 heteroatoms. The van der Waals surface area contributed by atoms with Crippen LogP contribution >= 0.6 is 0 Å². The Kier molecular flexibility index (Phi) is 3.84.